The van der Waals surface area contributed by atoms with E-state index in [1.807, 2.05) is 49.3 Å². The molecule has 0 saturated carbocycles. The Balaban J connectivity index is 1.86. The maximum atomic E-state index is 12.2. The van der Waals surface area contributed by atoms with Crippen molar-refractivity contribution in [3.63, 3.8) is 0 Å². The maximum absolute atomic E-state index is 12.2. The number of nitriles is 1. The van der Waals surface area contributed by atoms with Crippen molar-refractivity contribution in [3.8, 4) is 6.07 Å². The van der Waals surface area contributed by atoms with E-state index in [0.29, 0.717) is 17.7 Å². The smallest absolute Gasteiger partial charge is 0.338 e. The lowest BCUT2D eigenvalue weighted by atomic mass is 10.1. The van der Waals surface area contributed by atoms with Crippen LogP contribution in [0.4, 0.5) is 5.69 Å². The first-order chi connectivity index (χ1) is 12.4. The first-order valence-corrected chi connectivity index (χ1v) is 8.08. The van der Waals surface area contributed by atoms with E-state index in [4.69, 9.17) is 10.00 Å². The summed E-state index contributed by atoms with van der Waals surface area (Å²) in [5.74, 6) is -0.879. The van der Waals surface area contributed by atoms with Crippen molar-refractivity contribution in [2.24, 2.45) is 0 Å². The second kappa shape index (κ2) is 8.67. The SMILES string of the molecule is CN(Cc1ccc(N(C)C)cc1)C(=O)COC(=O)c1ccc(C#N)cc1. The number of carbonyl (C=O) groups is 2. The zero-order chi connectivity index (χ0) is 19.1. The van der Waals surface area contributed by atoms with Gasteiger partial charge in [0.15, 0.2) is 6.61 Å². The Bertz CT molecular complexity index is 806. The number of ether oxygens (including phenoxy) is 1. The molecule has 26 heavy (non-hydrogen) atoms. The molecule has 6 heteroatoms. The van der Waals surface area contributed by atoms with Crippen molar-refractivity contribution < 1.29 is 14.3 Å². The van der Waals surface area contributed by atoms with E-state index in [-0.39, 0.29) is 12.5 Å². The number of hydrogen-bond donors (Lipinski definition) is 0. The molecule has 0 unspecified atom stereocenters. The summed E-state index contributed by atoms with van der Waals surface area (Å²) >= 11 is 0. The molecule has 1 amide bonds. The van der Waals surface area contributed by atoms with Gasteiger partial charge in [0.05, 0.1) is 17.2 Å². The minimum atomic E-state index is -0.591. The first-order valence-electron chi connectivity index (χ1n) is 8.08. The Kier molecular flexibility index (Phi) is 6.34. The number of hydrogen-bond acceptors (Lipinski definition) is 5. The predicted octanol–water partition coefficient (Wildman–Crippen LogP) is 2.44. The molecule has 0 aliphatic carbocycles. The summed E-state index contributed by atoms with van der Waals surface area (Å²) in [4.78, 5) is 27.6. The highest BCUT2D eigenvalue weighted by Crippen LogP contribution is 2.13. The largest absolute Gasteiger partial charge is 0.452 e. The average molecular weight is 351 g/mol. The van der Waals surface area contributed by atoms with Gasteiger partial charge in [0, 0.05) is 33.4 Å². The van der Waals surface area contributed by atoms with E-state index in [2.05, 4.69) is 0 Å². The molecule has 2 aromatic rings. The number of likely N-dealkylation sites (N-methyl/N-ethyl adjacent to an activating group) is 1. The van der Waals surface area contributed by atoms with Crippen LogP contribution in [0.2, 0.25) is 0 Å². The number of carbonyl (C=O) groups excluding carboxylic acids is 2. The summed E-state index contributed by atoms with van der Waals surface area (Å²) in [6.07, 6.45) is 0. The average Bonchev–Trinajstić information content (AvgIpc) is 2.66. The quantitative estimate of drug-likeness (QED) is 0.748. The van der Waals surface area contributed by atoms with E-state index in [1.165, 1.54) is 29.2 Å². The fourth-order valence-corrected chi connectivity index (χ4v) is 2.26. The molecule has 2 rings (SSSR count). The third-order valence-corrected chi connectivity index (χ3v) is 3.87. The topological polar surface area (TPSA) is 73.6 Å². The molecule has 0 bridgehead atoms. The summed E-state index contributed by atoms with van der Waals surface area (Å²) in [6, 6.07) is 15.9. The molecule has 0 aliphatic rings. The zero-order valence-electron chi connectivity index (χ0n) is 15.1. The lowest BCUT2D eigenvalue weighted by Crippen LogP contribution is -2.30. The van der Waals surface area contributed by atoms with Crippen LogP contribution in [-0.4, -0.2) is 44.5 Å². The standard InChI is InChI=1S/C20H21N3O3/c1-22(2)18-10-6-16(7-11-18)13-23(3)19(24)14-26-20(25)17-8-4-15(12-21)5-9-17/h4-11H,13-14H2,1-3H3. The minimum Gasteiger partial charge on any atom is -0.452 e. The van der Waals surface area contributed by atoms with Gasteiger partial charge in [-0.25, -0.2) is 4.79 Å². The van der Waals surface area contributed by atoms with Gasteiger partial charge in [-0.1, -0.05) is 12.1 Å². The molecule has 0 spiro atoms. The van der Waals surface area contributed by atoms with Crippen molar-refractivity contribution in [2.45, 2.75) is 6.54 Å². The molecule has 0 radical (unpaired) electrons. The van der Waals surface area contributed by atoms with E-state index < -0.39 is 5.97 Å². The third-order valence-electron chi connectivity index (χ3n) is 3.87. The molecule has 134 valence electrons. The van der Waals surface area contributed by atoms with Gasteiger partial charge in [-0.2, -0.15) is 5.26 Å². The highest BCUT2D eigenvalue weighted by atomic mass is 16.5. The van der Waals surface area contributed by atoms with E-state index in [9.17, 15) is 9.59 Å². The number of anilines is 1. The molecular formula is C20H21N3O3. The van der Waals surface area contributed by atoms with Crippen LogP contribution in [0.25, 0.3) is 0 Å². The van der Waals surface area contributed by atoms with Crippen LogP contribution in [-0.2, 0) is 16.1 Å². The van der Waals surface area contributed by atoms with E-state index in [1.54, 1.807) is 7.05 Å². The Labute approximate surface area is 153 Å². The molecule has 6 nitrogen and oxygen atoms in total. The Morgan fingerprint density at radius 2 is 1.62 bits per heavy atom. The molecule has 0 aromatic heterocycles. The summed E-state index contributed by atoms with van der Waals surface area (Å²) in [5, 5.41) is 8.75. The van der Waals surface area contributed by atoms with Crippen LogP contribution < -0.4 is 4.90 Å². The minimum absolute atomic E-state index is 0.288. The maximum Gasteiger partial charge on any atom is 0.338 e. The molecule has 0 saturated heterocycles. The van der Waals surface area contributed by atoms with Crippen molar-refractivity contribution in [2.75, 3.05) is 32.6 Å². The molecule has 0 aliphatic heterocycles. The van der Waals surface area contributed by atoms with Gasteiger partial charge >= 0.3 is 5.97 Å². The van der Waals surface area contributed by atoms with Gasteiger partial charge in [-0.15, -0.1) is 0 Å². The molecule has 2 aromatic carbocycles. The number of nitrogens with zero attached hydrogens (tertiary/aromatic N) is 3. The van der Waals surface area contributed by atoms with Crippen LogP contribution in [0.15, 0.2) is 48.5 Å². The Morgan fingerprint density at radius 3 is 2.15 bits per heavy atom. The Hall–Kier alpha value is -3.33. The van der Waals surface area contributed by atoms with Gasteiger partial charge in [0.1, 0.15) is 0 Å². The van der Waals surface area contributed by atoms with Crippen LogP contribution in [0, 0.1) is 11.3 Å². The monoisotopic (exact) mass is 351 g/mol. The van der Waals surface area contributed by atoms with Crippen LogP contribution in [0.1, 0.15) is 21.5 Å². The number of esters is 1. The third kappa shape index (κ3) is 5.08. The number of benzene rings is 2. The van der Waals surface area contributed by atoms with Crippen molar-refractivity contribution in [1.29, 1.82) is 5.26 Å². The number of amides is 1. The number of rotatable bonds is 6. The molecular weight excluding hydrogens is 330 g/mol. The Morgan fingerprint density at radius 1 is 1.00 bits per heavy atom. The van der Waals surface area contributed by atoms with E-state index in [0.717, 1.165) is 11.3 Å². The summed E-state index contributed by atoms with van der Waals surface area (Å²) in [5.41, 5.74) is 2.83. The van der Waals surface area contributed by atoms with Crippen LogP contribution in [0.3, 0.4) is 0 Å². The van der Waals surface area contributed by atoms with Gasteiger partial charge < -0.3 is 14.5 Å². The molecule has 0 atom stereocenters. The summed E-state index contributed by atoms with van der Waals surface area (Å²) in [6.45, 7) is 0.103. The summed E-state index contributed by atoms with van der Waals surface area (Å²) < 4.78 is 5.05. The second-order valence-electron chi connectivity index (χ2n) is 6.08. The van der Waals surface area contributed by atoms with Gasteiger partial charge in [-0.05, 0) is 42.0 Å². The lowest BCUT2D eigenvalue weighted by Gasteiger charge is -2.18. The first kappa shape index (κ1) is 19.0. The van der Waals surface area contributed by atoms with Crippen LogP contribution >= 0.6 is 0 Å². The summed E-state index contributed by atoms with van der Waals surface area (Å²) in [7, 11) is 5.59. The zero-order valence-corrected chi connectivity index (χ0v) is 15.1. The molecule has 0 heterocycles. The fraction of sp³-hybridized carbons (Fsp3) is 0.250. The normalized spacial score (nSPS) is 9.92. The fourth-order valence-electron chi connectivity index (χ4n) is 2.26. The predicted molar refractivity (Wildman–Crippen MR) is 98.7 cm³/mol. The van der Waals surface area contributed by atoms with Crippen LogP contribution in [0.5, 0.6) is 0 Å². The highest BCUT2D eigenvalue weighted by molar-refractivity contribution is 5.91. The van der Waals surface area contributed by atoms with Crippen molar-refractivity contribution >= 4 is 17.6 Å². The van der Waals surface area contributed by atoms with Crippen molar-refractivity contribution in [1.82, 2.24) is 4.90 Å². The van der Waals surface area contributed by atoms with Crippen molar-refractivity contribution in [3.05, 3.63) is 65.2 Å². The molecule has 0 fully saturated rings. The van der Waals surface area contributed by atoms with Gasteiger partial charge in [0.25, 0.3) is 5.91 Å². The lowest BCUT2D eigenvalue weighted by molar-refractivity contribution is -0.133. The van der Waals surface area contributed by atoms with Gasteiger partial charge in [-0.3, -0.25) is 4.79 Å². The van der Waals surface area contributed by atoms with E-state index >= 15 is 0 Å². The van der Waals surface area contributed by atoms with Gasteiger partial charge in [0.2, 0.25) is 0 Å². The molecule has 0 N–H and O–H groups in total. The highest BCUT2D eigenvalue weighted by Gasteiger charge is 2.14. The second-order valence-corrected chi connectivity index (χ2v) is 6.08.